The SMILES string of the molecule is CC(=O)n1c(O)c(N=NC(=O)COc2ccccc2)c2cc(C)c(Br)cc21. The van der Waals surface area contributed by atoms with Crippen LogP contribution in [0.3, 0.4) is 0 Å². The van der Waals surface area contributed by atoms with E-state index in [0.717, 1.165) is 14.6 Å². The fraction of sp³-hybridized carbons (Fsp3) is 0.158. The highest BCUT2D eigenvalue weighted by atomic mass is 79.9. The number of carbonyl (C=O) groups excluding carboxylic acids is 2. The zero-order chi connectivity index (χ0) is 19.6. The first-order valence-electron chi connectivity index (χ1n) is 8.05. The summed E-state index contributed by atoms with van der Waals surface area (Å²) in [7, 11) is 0. The average Bonchev–Trinajstić information content (AvgIpc) is 2.90. The fourth-order valence-corrected chi connectivity index (χ4v) is 2.93. The average molecular weight is 430 g/mol. The molecular weight excluding hydrogens is 414 g/mol. The number of halogens is 1. The van der Waals surface area contributed by atoms with Gasteiger partial charge in [-0.15, -0.1) is 10.2 Å². The molecule has 0 bridgehead atoms. The second-order valence-corrected chi connectivity index (χ2v) is 6.69. The molecule has 0 saturated carbocycles. The first-order chi connectivity index (χ1) is 12.9. The number of para-hydroxylation sites is 1. The van der Waals surface area contributed by atoms with E-state index in [0.29, 0.717) is 16.7 Å². The number of aromatic hydroxyl groups is 1. The standard InChI is InChI=1S/C19H16BrN3O4/c1-11-8-14-16(9-15(11)20)23(12(2)24)19(26)18(14)22-21-17(25)10-27-13-6-4-3-5-7-13/h3-9,26H,10H2,1-2H3. The van der Waals surface area contributed by atoms with Gasteiger partial charge in [0.2, 0.25) is 11.8 Å². The number of aryl methyl sites for hydroxylation is 1. The Kier molecular flexibility index (Phi) is 5.36. The minimum atomic E-state index is -0.615. The lowest BCUT2D eigenvalue weighted by Crippen LogP contribution is -2.07. The van der Waals surface area contributed by atoms with Gasteiger partial charge in [-0.1, -0.05) is 34.1 Å². The van der Waals surface area contributed by atoms with Crippen molar-refractivity contribution in [1.82, 2.24) is 4.57 Å². The minimum absolute atomic E-state index is 0.0591. The number of azo groups is 1. The van der Waals surface area contributed by atoms with Crippen molar-refractivity contribution < 1.29 is 19.4 Å². The van der Waals surface area contributed by atoms with Gasteiger partial charge in [0.15, 0.2) is 12.3 Å². The van der Waals surface area contributed by atoms with Gasteiger partial charge in [0, 0.05) is 16.8 Å². The Morgan fingerprint density at radius 2 is 1.93 bits per heavy atom. The number of aromatic nitrogens is 1. The van der Waals surface area contributed by atoms with E-state index >= 15 is 0 Å². The second kappa shape index (κ2) is 7.71. The summed E-state index contributed by atoms with van der Waals surface area (Å²) in [5.74, 6) is -0.822. The monoisotopic (exact) mass is 429 g/mol. The minimum Gasteiger partial charge on any atom is -0.493 e. The molecule has 8 heteroatoms. The van der Waals surface area contributed by atoms with Gasteiger partial charge in [0.1, 0.15) is 5.75 Å². The van der Waals surface area contributed by atoms with E-state index in [1.54, 1.807) is 36.4 Å². The number of benzene rings is 2. The summed E-state index contributed by atoms with van der Waals surface area (Å²) < 4.78 is 7.23. The molecule has 1 aromatic heterocycles. The largest absolute Gasteiger partial charge is 0.493 e. The summed E-state index contributed by atoms with van der Waals surface area (Å²) in [4.78, 5) is 23.9. The summed E-state index contributed by atoms with van der Waals surface area (Å²) in [5, 5.41) is 18.4. The molecule has 7 nitrogen and oxygen atoms in total. The molecule has 3 rings (SSSR count). The van der Waals surface area contributed by atoms with Gasteiger partial charge < -0.3 is 9.84 Å². The van der Waals surface area contributed by atoms with Crippen LogP contribution in [-0.2, 0) is 4.79 Å². The maximum atomic E-state index is 12.0. The van der Waals surface area contributed by atoms with Crippen molar-refractivity contribution in [3.05, 3.63) is 52.5 Å². The van der Waals surface area contributed by atoms with Gasteiger partial charge in [0.05, 0.1) is 5.52 Å². The van der Waals surface area contributed by atoms with Crippen molar-refractivity contribution in [3.8, 4) is 11.6 Å². The summed E-state index contributed by atoms with van der Waals surface area (Å²) in [6, 6.07) is 12.3. The predicted octanol–water partition coefficient (Wildman–Crippen LogP) is 4.77. The Hall–Kier alpha value is -3.00. The molecule has 1 amide bonds. The van der Waals surface area contributed by atoms with Crippen LogP contribution in [-0.4, -0.2) is 28.1 Å². The van der Waals surface area contributed by atoms with Crippen LogP contribution in [0.4, 0.5) is 5.69 Å². The first kappa shape index (κ1) is 18.8. The Balaban J connectivity index is 1.90. The zero-order valence-corrected chi connectivity index (χ0v) is 16.2. The Morgan fingerprint density at radius 3 is 2.59 bits per heavy atom. The molecule has 138 valence electrons. The Labute approximate surface area is 163 Å². The maximum Gasteiger partial charge on any atom is 0.302 e. The van der Waals surface area contributed by atoms with Gasteiger partial charge in [-0.05, 0) is 36.8 Å². The van der Waals surface area contributed by atoms with Crippen LogP contribution in [0.5, 0.6) is 11.6 Å². The van der Waals surface area contributed by atoms with Crippen molar-refractivity contribution >= 4 is 44.3 Å². The van der Waals surface area contributed by atoms with Crippen LogP contribution >= 0.6 is 15.9 Å². The normalized spacial score (nSPS) is 11.2. The lowest BCUT2D eigenvalue weighted by molar-refractivity contribution is -0.120. The molecule has 1 N–H and O–H groups in total. The van der Waals surface area contributed by atoms with Crippen molar-refractivity contribution in [2.24, 2.45) is 10.2 Å². The lowest BCUT2D eigenvalue weighted by Gasteiger charge is -2.02. The summed E-state index contributed by atoms with van der Waals surface area (Å²) in [6.45, 7) is 2.91. The highest BCUT2D eigenvalue weighted by molar-refractivity contribution is 9.10. The molecule has 0 atom stereocenters. The highest BCUT2D eigenvalue weighted by Crippen LogP contribution is 2.40. The summed E-state index contributed by atoms with van der Waals surface area (Å²) in [5.41, 5.74) is 1.42. The van der Waals surface area contributed by atoms with E-state index in [2.05, 4.69) is 26.2 Å². The second-order valence-electron chi connectivity index (χ2n) is 5.84. The van der Waals surface area contributed by atoms with Crippen LogP contribution in [0.2, 0.25) is 0 Å². The number of rotatable bonds is 4. The van der Waals surface area contributed by atoms with Gasteiger partial charge in [-0.2, -0.15) is 0 Å². The molecule has 0 saturated heterocycles. The van der Waals surface area contributed by atoms with Crippen molar-refractivity contribution in [2.45, 2.75) is 13.8 Å². The first-order valence-corrected chi connectivity index (χ1v) is 8.84. The molecule has 1 heterocycles. The molecule has 27 heavy (non-hydrogen) atoms. The number of nitrogens with zero attached hydrogens (tertiary/aromatic N) is 3. The number of carbonyl (C=O) groups is 2. The van der Waals surface area contributed by atoms with Crippen LogP contribution in [0.1, 0.15) is 17.3 Å². The molecule has 0 fully saturated rings. The number of hydrogen-bond acceptors (Lipinski definition) is 5. The van der Waals surface area contributed by atoms with Gasteiger partial charge in [-0.25, -0.2) is 4.57 Å². The number of fused-ring (bicyclic) bond motifs is 1. The van der Waals surface area contributed by atoms with E-state index in [1.165, 1.54) is 6.92 Å². The van der Waals surface area contributed by atoms with Gasteiger partial charge in [-0.3, -0.25) is 9.59 Å². The number of amides is 1. The summed E-state index contributed by atoms with van der Waals surface area (Å²) >= 11 is 3.41. The molecule has 0 unspecified atom stereocenters. The lowest BCUT2D eigenvalue weighted by atomic mass is 10.1. The Bertz CT molecular complexity index is 1060. The van der Waals surface area contributed by atoms with Gasteiger partial charge >= 0.3 is 5.91 Å². The molecular formula is C19H16BrN3O4. The predicted molar refractivity (Wildman–Crippen MR) is 104 cm³/mol. The van der Waals surface area contributed by atoms with E-state index in [9.17, 15) is 14.7 Å². The van der Waals surface area contributed by atoms with Crippen molar-refractivity contribution in [2.75, 3.05) is 6.61 Å². The number of hydrogen-bond donors (Lipinski definition) is 1. The molecule has 0 aliphatic carbocycles. The fourth-order valence-electron chi connectivity index (χ4n) is 2.60. The van der Waals surface area contributed by atoms with Gasteiger partial charge in [0.25, 0.3) is 0 Å². The number of ether oxygens (including phenoxy) is 1. The zero-order valence-electron chi connectivity index (χ0n) is 14.6. The smallest absolute Gasteiger partial charge is 0.302 e. The molecule has 3 aromatic rings. The maximum absolute atomic E-state index is 12.0. The molecule has 0 spiro atoms. The van der Waals surface area contributed by atoms with Crippen molar-refractivity contribution in [1.29, 1.82) is 0 Å². The van der Waals surface area contributed by atoms with E-state index in [1.807, 2.05) is 13.0 Å². The van der Waals surface area contributed by atoms with E-state index < -0.39 is 5.91 Å². The van der Waals surface area contributed by atoms with Crippen LogP contribution < -0.4 is 4.74 Å². The van der Waals surface area contributed by atoms with E-state index in [-0.39, 0.29) is 24.1 Å². The third kappa shape index (κ3) is 3.90. The molecule has 0 radical (unpaired) electrons. The van der Waals surface area contributed by atoms with Crippen molar-refractivity contribution in [3.63, 3.8) is 0 Å². The Morgan fingerprint density at radius 1 is 1.22 bits per heavy atom. The molecule has 0 aliphatic heterocycles. The third-order valence-electron chi connectivity index (χ3n) is 3.88. The third-order valence-corrected chi connectivity index (χ3v) is 4.73. The summed E-state index contributed by atoms with van der Waals surface area (Å²) in [6.07, 6.45) is 0. The molecule has 2 aromatic carbocycles. The van der Waals surface area contributed by atoms with Crippen LogP contribution in [0.15, 0.2) is 57.2 Å². The highest BCUT2D eigenvalue weighted by Gasteiger charge is 2.20. The van der Waals surface area contributed by atoms with E-state index in [4.69, 9.17) is 4.74 Å². The quantitative estimate of drug-likeness (QED) is 0.604. The van der Waals surface area contributed by atoms with Crippen LogP contribution in [0.25, 0.3) is 10.9 Å². The van der Waals surface area contributed by atoms with Crippen LogP contribution in [0, 0.1) is 6.92 Å². The molecule has 0 aliphatic rings. The topological polar surface area (TPSA) is 93.3 Å².